The van der Waals surface area contributed by atoms with Crippen molar-refractivity contribution in [3.63, 3.8) is 0 Å². The van der Waals surface area contributed by atoms with E-state index in [0.29, 0.717) is 27.9 Å². The highest BCUT2D eigenvalue weighted by molar-refractivity contribution is 5.80. The summed E-state index contributed by atoms with van der Waals surface area (Å²) < 4.78 is 0. The van der Waals surface area contributed by atoms with Crippen LogP contribution in [-0.2, 0) is 0 Å². The summed E-state index contributed by atoms with van der Waals surface area (Å²) in [5.41, 5.74) is 10.2. The second-order valence-corrected chi connectivity index (χ2v) is 5.31. The average Bonchev–Trinajstić information content (AvgIpc) is 2.67. The summed E-state index contributed by atoms with van der Waals surface area (Å²) in [5.74, 6) is 0.142. The van der Waals surface area contributed by atoms with E-state index < -0.39 is 0 Å². The lowest BCUT2D eigenvalue weighted by Gasteiger charge is -2.10. The molecule has 0 aliphatic heterocycles. The molecule has 3 rings (SSSR count). The first kappa shape index (κ1) is 15.7. The minimum absolute atomic E-state index is 0.142. The van der Waals surface area contributed by atoms with Gasteiger partial charge >= 0.3 is 0 Å². The number of aromatic nitrogens is 1. The Morgan fingerprint density at radius 2 is 1.24 bits per heavy atom. The Morgan fingerprint density at radius 1 is 0.720 bits per heavy atom. The summed E-state index contributed by atoms with van der Waals surface area (Å²) in [7, 11) is 0. The Bertz CT molecular complexity index is 1060. The smallest absolute Gasteiger partial charge is 0.142 e. The zero-order valence-corrected chi connectivity index (χ0v) is 13.1. The molecule has 0 atom stereocenters. The monoisotopic (exact) mass is 321 g/mol. The molecule has 1 heterocycles. The first-order valence-electron chi connectivity index (χ1n) is 7.38. The molecular weight excluding hydrogens is 310 g/mol. The van der Waals surface area contributed by atoms with Gasteiger partial charge in [-0.2, -0.15) is 15.8 Å². The van der Waals surface area contributed by atoms with Gasteiger partial charge in [0.25, 0.3) is 0 Å². The van der Waals surface area contributed by atoms with Gasteiger partial charge in [-0.25, -0.2) is 4.98 Å². The zero-order valence-electron chi connectivity index (χ0n) is 13.1. The van der Waals surface area contributed by atoms with Gasteiger partial charge in [-0.3, -0.25) is 0 Å². The molecule has 2 aromatic carbocycles. The summed E-state index contributed by atoms with van der Waals surface area (Å²) in [4.78, 5) is 4.31. The molecule has 116 valence electrons. The van der Waals surface area contributed by atoms with Crippen LogP contribution in [0.3, 0.4) is 0 Å². The molecule has 0 saturated heterocycles. The largest absolute Gasteiger partial charge is 0.383 e. The molecule has 0 spiro atoms. The number of nitrogens with zero attached hydrogens (tertiary/aromatic N) is 4. The third-order valence-corrected chi connectivity index (χ3v) is 3.79. The molecule has 0 radical (unpaired) electrons. The normalized spacial score (nSPS) is 9.64. The number of anilines is 1. The van der Waals surface area contributed by atoms with Crippen molar-refractivity contribution in [1.29, 1.82) is 15.8 Å². The standard InChI is InChI=1S/C20H11N5/c21-10-13-1-5-15(6-2-13)17-9-19(25-20(24)18(17)12-23)16-7-3-14(11-22)4-8-16/h1-9H,(H2,24,25). The van der Waals surface area contributed by atoms with Crippen LogP contribution in [0.4, 0.5) is 5.82 Å². The van der Waals surface area contributed by atoms with E-state index in [1.807, 2.05) is 0 Å². The van der Waals surface area contributed by atoms with Gasteiger partial charge in [0.15, 0.2) is 0 Å². The number of pyridine rings is 1. The second-order valence-electron chi connectivity index (χ2n) is 5.31. The SMILES string of the molecule is N#Cc1ccc(-c2cc(-c3ccc(C#N)cc3)c(C#N)c(N)n2)cc1. The van der Waals surface area contributed by atoms with Crippen LogP contribution in [0.1, 0.15) is 16.7 Å². The second kappa shape index (κ2) is 6.54. The summed E-state index contributed by atoms with van der Waals surface area (Å²) in [6.07, 6.45) is 0. The van der Waals surface area contributed by atoms with E-state index in [1.165, 1.54) is 0 Å². The molecule has 0 fully saturated rings. The summed E-state index contributed by atoms with van der Waals surface area (Å²) in [6, 6.07) is 21.9. The quantitative estimate of drug-likeness (QED) is 0.775. The fourth-order valence-electron chi connectivity index (χ4n) is 2.50. The van der Waals surface area contributed by atoms with Crippen LogP contribution in [0.5, 0.6) is 0 Å². The van der Waals surface area contributed by atoms with Crippen molar-refractivity contribution >= 4 is 5.82 Å². The maximum Gasteiger partial charge on any atom is 0.142 e. The maximum atomic E-state index is 9.43. The van der Waals surface area contributed by atoms with Crippen molar-refractivity contribution in [1.82, 2.24) is 4.98 Å². The first-order chi connectivity index (χ1) is 12.2. The van der Waals surface area contributed by atoms with Crippen molar-refractivity contribution in [2.45, 2.75) is 0 Å². The molecule has 0 unspecified atom stereocenters. The van der Waals surface area contributed by atoms with Gasteiger partial charge in [0, 0.05) is 11.1 Å². The third-order valence-electron chi connectivity index (χ3n) is 3.79. The van der Waals surface area contributed by atoms with E-state index in [1.54, 1.807) is 54.6 Å². The predicted molar refractivity (Wildman–Crippen MR) is 93.7 cm³/mol. The molecular formula is C20H11N5. The number of nitriles is 3. The van der Waals surface area contributed by atoms with Gasteiger partial charge in [-0.15, -0.1) is 0 Å². The van der Waals surface area contributed by atoms with E-state index >= 15 is 0 Å². The lowest BCUT2D eigenvalue weighted by molar-refractivity contribution is 1.31. The molecule has 25 heavy (non-hydrogen) atoms. The molecule has 3 aromatic rings. The highest BCUT2D eigenvalue weighted by atomic mass is 14.8. The fourth-order valence-corrected chi connectivity index (χ4v) is 2.50. The third kappa shape index (κ3) is 3.01. The van der Waals surface area contributed by atoms with Crippen LogP contribution in [0.25, 0.3) is 22.4 Å². The highest BCUT2D eigenvalue weighted by Crippen LogP contribution is 2.31. The topological polar surface area (TPSA) is 110 Å². The number of hydrogen-bond acceptors (Lipinski definition) is 5. The first-order valence-corrected chi connectivity index (χ1v) is 7.38. The molecule has 0 aliphatic rings. The Hall–Kier alpha value is -4.14. The van der Waals surface area contributed by atoms with Gasteiger partial charge in [0.1, 0.15) is 17.5 Å². The van der Waals surface area contributed by atoms with Gasteiger partial charge < -0.3 is 5.73 Å². The average molecular weight is 321 g/mol. The Labute approximate surface area is 144 Å². The number of rotatable bonds is 2. The summed E-state index contributed by atoms with van der Waals surface area (Å²) in [5, 5.41) is 27.3. The Kier molecular flexibility index (Phi) is 4.12. The molecule has 0 amide bonds. The van der Waals surface area contributed by atoms with E-state index in [4.69, 9.17) is 16.3 Å². The summed E-state index contributed by atoms with van der Waals surface area (Å²) >= 11 is 0. The lowest BCUT2D eigenvalue weighted by Crippen LogP contribution is -1.99. The van der Waals surface area contributed by atoms with Gasteiger partial charge in [0.05, 0.1) is 29.0 Å². The molecule has 5 heteroatoms. The van der Waals surface area contributed by atoms with Crippen molar-refractivity contribution in [3.8, 4) is 40.6 Å². The molecule has 5 nitrogen and oxygen atoms in total. The molecule has 0 aliphatic carbocycles. The number of hydrogen-bond donors (Lipinski definition) is 1. The molecule has 0 bridgehead atoms. The number of benzene rings is 2. The lowest BCUT2D eigenvalue weighted by atomic mass is 9.97. The minimum atomic E-state index is 0.142. The highest BCUT2D eigenvalue weighted by Gasteiger charge is 2.13. The molecule has 2 N–H and O–H groups in total. The summed E-state index contributed by atoms with van der Waals surface area (Å²) in [6.45, 7) is 0. The Balaban J connectivity index is 2.16. The van der Waals surface area contributed by atoms with Crippen molar-refractivity contribution in [3.05, 3.63) is 71.3 Å². The number of nitrogen functional groups attached to an aromatic ring is 1. The van der Waals surface area contributed by atoms with E-state index in [9.17, 15) is 5.26 Å². The predicted octanol–water partition coefficient (Wildman–Crippen LogP) is 3.61. The van der Waals surface area contributed by atoms with Crippen LogP contribution >= 0.6 is 0 Å². The van der Waals surface area contributed by atoms with Crippen molar-refractivity contribution in [2.24, 2.45) is 0 Å². The van der Waals surface area contributed by atoms with E-state index in [2.05, 4.69) is 23.2 Å². The van der Waals surface area contributed by atoms with E-state index in [-0.39, 0.29) is 5.82 Å². The fraction of sp³-hybridized carbons (Fsp3) is 0. The molecule has 0 saturated carbocycles. The van der Waals surface area contributed by atoms with Gasteiger partial charge in [0.2, 0.25) is 0 Å². The van der Waals surface area contributed by atoms with Crippen LogP contribution < -0.4 is 5.73 Å². The van der Waals surface area contributed by atoms with Crippen molar-refractivity contribution in [2.75, 3.05) is 5.73 Å². The van der Waals surface area contributed by atoms with Crippen LogP contribution in [0.15, 0.2) is 54.6 Å². The van der Waals surface area contributed by atoms with Crippen LogP contribution in [0.2, 0.25) is 0 Å². The molecule has 1 aromatic heterocycles. The zero-order chi connectivity index (χ0) is 17.8. The van der Waals surface area contributed by atoms with Crippen molar-refractivity contribution < 1.29 is 0 Å². The van der Waals surface area contributed by atoms with Crippen LogP contribution in [-0.4, -0.2) is 4.98 Å². The van der Waals surface area contributed by atoms with Gasteiger partial charge in [-0.1, -0.05) is 24.3 Å². The minimum Gasteiger partial charge on any atom is -0.383 e. The number of nitrogens with two attached hydrogens (primary N) is 1. The van der Waals surface area contributed by atoms with Gasteiger partial charge in [-0.05, 0) is 35.9 Å². The van der Waals surface area contributed by atoms with E-state index in [0.717, 1.165) is 11.1 Å². The van der Waals surface area contributed by atoms with Crippen LogP contribution in [0, 0.1) is 34.0 Å². The Morgan fingerprint density at radius 3 is 1.72 bits per heavy atom. The maximum absolute atomic E-state index is 9.43.